The molecule has 0 radical (unpaired) electrons. The molecule has 1 fully saturated rings. The van der Waals surface area contributed by atoms with Gasteiger partial charge in [0.1, 0.15) is 16.4 Å². The summed E-state index contributed by atoms with van der Waals surface area (Å²) >= 11 is 1.59. The van der Waals surface area contributed by atoms with Gasteiger partial charge in [-0.25, -0.2) is 18.7 Å². The highest BCUT2D eigenvalue weighted by Crippen LogP contribution is 2.44. The quantitative estimate of drug-likeness (QED) is 0.459. The minimum absolute atomic E-state index is 0.103. The number of anilines is 1. The molecule has 2 aromatic heterocycles. The molecule has 2 atom stereocenters. The number of phenols is 1. The molecule has 1 aliphatic carbocycles. The predicted molar refractivity (Wildman–Crippen MR) is 110 cm³/mol. The summed E-state index contributed by atoms with van der Waals surface area (Å²) in [4.78, 5) is 11.4. The van der Waals surface area contributed by atoms with Crippen LogP contribution in [0.15, 0.2) is 48.5 Å². The first kappa shape index (κ1) is 18.0. The van der Waals surface area contributed by atoms with Crippen LogP contribution in [-0.4, -0.2) is 21.1 Å². The molecule has 7 heteroatoms. The summed E-state index contributed by atoms with van der Waals surface area (Å²) in [6, 6.07) is 13.0. The number of aromatic nitrogens is 2. The van der Waals surface area contributed by atoms with E-state index in [2.05, 4.69) is 16.4 Å². The normalized spacial score (nSPS) is 18.2. The van der Waals surface area contributed by atoms with Crippen molar-refractivity contribution in [2.75, 3.05) is 5.32 Å². The van der Waals surface area contributed by atoms with Gasteiger partial charge in [-0.3, -0.25) is 0 Å². The average Bonchev–Trinajstić information content (AvgIpc) is 3.35. The smallest absolute Gasteiger partial charge is 0.163 e. The molecule has 2 aromatic carbocycles. The second kappa shape index (κ2) is 6.77. The number of hydrogen-bond acceptors (Lipinski definition) is 5. The Balaban J connectivity index is 1.48. The van der Waals surface area contributed by atoms with Gasteiger partial charge in [0.05, 0.1) is 5.39 Å². The van der Waals surface area contributed by atoms with E-state index < -0.39 is 11.6 Å². The summed E-state index contributed by atoms with van der Waals surface area (Å²) in [5.74, 6) is -0.0341. The van der Waals surface area contributed by atoms with E-state index >= 15 is 0 Å². The highest BCUT2D eigenvalue weighted by molar-refractivity contribution is 7.18. The number of fused-ring (bicyclic) bond motifs is 1. The largest absolute Gasteiger partial charge is 0.508 e. The first-order valence-corrected chi connectivity index (χ1v) is 10.1. The number of nitrogens with zero attached hydrogens (tertiary/aromatic N) is 2. The Morgan fingerprint density at radius 1 is 1.03 bits per heavy atom. The van der Waals surface area contributed by atoms with Gasteiger partial charge in [-0.05, 0) is 61.4 Å². The van der Waals surface area contributed by atoms with Crippen molar-refractivity contribution in [1.29, 1.82) is 0 Å². The maximum Gasteiger partial charge on any atom is 0.163 e. The third-order valence-corrected chi connectivity index (χ3v) is 6.07. The van der Waals surface area contributed by atoms with Crippen LogP contribution in [0.25, 0.3) is 21.6 Å². The Kier molecular flexibility index (Phi) is 4.20. The lowest BCUT2D eigenvalue weighted by Crippen LogP contribution is -2.07. The SMILES string of the molecule is Cc1cc2c(N[C@@H]3C[C@H]3c3ccc(F)c(F)c3)nc(-c3ccc(O)cc3)nc2s1. The van der Waals surface area contributed by atoms with Crippen LogP contribution in [0.2, 0.25) is 0 Å². The number of phenolic OH excluding ortho intramolecular Hbond substituents is 1. The standard InChI is InChI=1S/C22H17F2N3OS/c1-11-8-16-21(25-19-10-15(19)13-4-7-17(23)18(24)9-13)26-20(27-22(16)29-11)12-2-5-14(28)6-3-12/h2-9,15,19,28H,10H2,1H3,(H,25,26,27)/t15-,19+/m0/s1. The molecule has 0 saturated heterocycles. The molecule has 0 unspecified atom stereocenters. The molecule has 0 amide bonds. The third kappa shape index (κ3) is 3.42. The summed E-state index contributed by atoms with van der Waals surface area (Å²) in [5, 5.41) is 13.9. The summed E-state index contributed by atoms with van der Waals surface area (Å²) < 4.78 is 26.8. The fourth-order valence-corrected chi connectivity index (χ4v) is 4.41. The monoisotopic (exact) mass is 409 g/mol. The van der Waals surface area contributed by atoms with Gasteiger partial charge in [0, 0.05) is 22.4 Å². The molecular formula is C22H17F2N3OS. The maximum absolute atomic E-state index is 13.6. The molecule has 29 heavy (non-hydrogen) atoms. The van der Waals surface area contributed by atoms with Crippen molar-refractivity contribution < 1.29 is 13.9 Å². The summed E-state index contributed by atoms with van der Waals surface area (Å²) in [5.41, 5.74) is 1.60. The topological polar surface area (TPSA) is 58.0 Å². The number of halogens is 2. The summed E-state index contributed by atoms with van der Waals surface area (Å²) in [6.07, 6.45) is 0.828. The maximum atomic E-state index is 13.6. The number of aryl methyl sites for hydroxylation is 1. The summed E-state index contributed by atoms with van der Waals surface area (Å²) in [6.45, 7) is 2.03. The van der Waals surface area contributed by atoms with Crippen LogP contribution in [0.4, 0.5) is 14.6 Å². The van der Waals surface area contributed by atoms with E-state index in [4.69, 9.17) is 4.98 Å². The molecule has 0 bridgehead atoms. The lowest BCUT2D eigenvalue weighted by atomic mass is 10.1. The molecule has 2 heterocycles. The van der Waals surface area contributed by atoms with Crippen LogP contribution < -0.4 is 5.32 Å². The first-order chi connectivity index (χ1) is 14.0. The highest BCUT2D eigenvalue weighted by Gasteiger charge is 2.39. The number of benzene rings is 2. The Morgan fingerprint density at radius 3 is 2.59 bits per heavy atom. The van der Waals surface area contributed by atoms with E-state index in [0.717, 1.165) is 38.5 Å². The molecule has 1 saturated carbocycles. The van der Waals surface area contributed by atoms with Crippen molar-refractivity contribution in [2.45, 2.75) is 25.3 Å². The number of thiophene rings is 1. The Hall–Kier alpha value is -3.06. The van der Waals surface area contributed by atoms with Gasteiger partial charge >= 0.3 is 0 Å². The van der Waals surface area contributed by atoms with Crippen molar-refractivity contribution in [3.8, 4) is 17.1 Å². The van der Waals surface area contributed by atoms with Crippen LogP contribution in [0.1, 0.15) is 22.8 Å². The van der Waals surface area contributed by atoms with Gasteiger partial charge in [-0.15, -0.1) is 11.3 Å². The predicted octanol–water partition coefficient (Wildman–Crippen LogP) is 5.62. The van der Waals surface area contributed by atoms with Crippen LogP contribution >= 0.6 is 11.3 Å². The van der Waals surface area contributed by atoms with E-state index in [0.29, 0.717) is 5.82 Å². The summed E-state index contributed by atoms with van der Waals surface area (Å²) in [7, 11) is 0. The second-order valence-corrected chi connectivity index (χ2v) is 8.52. The van der Waals surface area contributed by atoms with Crippen molar-refractivity contribution in [3.63, 3.8) is 0 Å². The molecule has 146 valence electrons. The number of nitrogens with one attached hydrogen (secondary N) is 1. The zero-order chi connectivity index (χ0) is 20.1. The van der Waals surface area contributed by atoms with Crippen LogP contribution in [0.5, 0.6) is 5.75 Å². The van der Waals surface area contributed by atoms with Gasteiger partial charge in [0.15, 0.2) is 17.5 Å². The van der Waals surface area contributed by atoms with Crippen LogP contribution in [0, 0.1) is 18.6 Å². The molecule has 4 aromatic rings. The Morgan fingerprint density at radius 2 is 1.83 bits per heavy atom. The molecule has 1 aliphatic rings. The van der Waals surface area contributed by atoms with Gasteiger partial charge in [0.25, 0.3) is 0 Å². The van der Waals surface area contributed by atoms with Crippen molar-refractivity contribution >= 4 is 27.4 Å². The van der Waals surface area contributed by atoms with Gasteiger partial charge in [0.2, 0.25) is 0 Å². The zero-order valence-electron chi connectivity index (χ0n) is 15.5. The van der Waals surface area contributed by atoms with Crippen LogP contribution in [-0.2, 0) is 0 Å². The van der Waals surface area contributed by atoms with Crippen molar-refractivity contribution in [1.82, 2.24) is 9.97 Å². The van der Waals surface area contributed by atoms with Gasteiger partial charge < -0.3 is 10.4 Å². The Bertz CT molecular complexity index is 1220. The fraction of sp³-hybridized carbons (Fsp3) is 0.182. The van der Waals surface area contributed by atoms with E-state index in [1.807, 2.05) is 6.92 Å². The van der Waals surface area contributed by atoms with E-state index in [1.165, 1.54) is 12.1 Å². The molecule has 0 aliphatic heterocycles. The van der Waals surface area contributed by atoms with Gasteiger partial charge in [-0.2, -0.15) is 0 Å². The highest BCUT2D eigenvalue weighted by atomic mass is 32.1. The lowest BCUT2D eigenvalue weighted by Gasteiger charge is -2.09. The zero-order valence-corrected chi connectivity index (χ0v) is 16.3. The van der Waals surface area contributed by atoms with Crippen molar-refractivity contribution in [3.05, 3.63) is 70.6 Å². The average molecular weight is 409 g/mol. The van der Waals surface area contributed by atoms with Crippen molar-refractivity contribution in [2.24, 2.45) is 0 Å². The number of hydrogen-bond donors (Lipinski definition) is 2. The van der Waals surface area contributed by atoms with Crippen LogP contribution in [0.3, 0.4) is 0 Å². The lowest BCUT2D eigenvalue weighted by molar-refractivity contribution is 0.475. The first-order valence-electron chi connectivity index (χ1n) is 9.27. The molecule has 5 rings (SSSR count). The number of aromatic hydroxyl groups is 1. The molecule has 4 nitrogen and oxygen atoms in total. The van der Waals surface area contributed by atoms with Gasteiger partial charge in [-0.1, -0.05) is 6.07 Å². The minimum Gasteiger partial charge on any atom is -0.508 e. The number of rotatable bonds is 4. The molecule has 0 spiro atoms. The molecule has 2 N–H and O–H groups in total. The van der Waals surface area contributed by atoms with E-state index in [1.54, 1.807) is 41.7 Å². The Labute approximate surface area is 169 Å². The second-order valence-electron chi connectivity index (χ2n) is 7.29. The van der Waals surface area contributed by atoms with E-state index in [9.17, 15) is 13.9 Å². The molecular weight excluding hydrogens is 392 g/mol. The van der Waals surface area contributed by atoms with E-state index in [-0.39, 0.29) is 17.7 Å². The fourth-order valence-electron chi connectivity index (χ4n) is 3.53. The minimum atomic E-state index is -0.830. The third-order valence-electron chi connectivity index (χ3n) is 5.13.